The molecule has 0 bridgehead atoms. The minimum Gasteiger partial charge on any atom is -0.311 e. The second kappa shape index (κ2) is 4.08. The van der Waals surface area contributed by atoms with Crippen molar-refractivity contribution in [2.24, 2.45) is 0 Å². The van der Waals surface area contributed by atoms with Crippen LogP contribution in [0, 0.1) is 4.91 Å². The van der Waals surface area contributed by atoms with E-state index < -0.39 is 0 Å². The van der Waals surface area contributed by atoms with Gasteiger partial charge in [-0.2, -0.15) is 0 Å². The Kier molecular flexibility index (Phi) is 2.84. The third-order valence-electron chi connectivity index (χ3n) is 3.31. The summed E-state index contributed by atoms with van der Waals surface area (Å²) in [6.45, 7) is 6.33. The van der Waals surface area contributed by atoms with Crippen LogP contribution in [0.1, 0.15) is 26.3 Å². The van der Waals surface area contributed by atoms with E-state index in [4.69, 9.17) is 0 Å². The molecule has 96 valence electrons. The number of anilines is 1. The summed E-state index contributed by atoms with van der Waals surface area (Å²) in [5.41, 5.74) is 2.16. The summed E-state index contributed by atoms with van der Waals surface area (Å²) in [5, 5.41) is 0. The molecule has 1 aromatic carbocycles. The lowest BCUT2D eigenvalue weighted by Gasteiger charge is -2.19. The first-order valence-corrected chi connectivity index (χ1v) is 5.81. The van der Waals surface area contributed by atoms with Crippen molar-refractivity contribution >= 4 is 17.3 Å². The lowest BCUT2D eigenvalue weighted by Crippen LogP contribution is -2.31. The molecule has 0 atom stereocenters. The number of benzene rings is 1. The Bertz CT molecular complexity index is 523. The second-order valence-electron chi connectivity index (χ2n) is 5.13. The Morgan fingerprint density at radius 2 is 2.11 bits per heavy atom. The first kappa shape index (κ1) is 12.5. The predicted octanol–water partition coefficient (Wildman–Crippen LogP) is 2.30. The lowest BCUT2D eigenvalue weighted by atomic mass is 9.87. The third-order valence-corrected chi connectivity index (χ3v) is 3.31. The van der Waals surface area contributed by atoms with Crippen molar-refractivity contribution in [3.05, 3.63) is 28.7 Å². The van der Waals surface area contributed by atoms with Crippen molar-refractivity contribution in [1.82, 2.24) is 0 Å². The topological polar surface area (TPSA) is 49.6 Å². The summed E-state index contributed by atoms with van der Waals surface area (Å²) in [4.78, 5) is 29.8. The zero-order valence-corrected chi connectivity index (χ0v) is 11.1. The normalized spacial score (nSPS) is 16.3. The van der Waals surface area contributed by atoms with Gasteiger partial charge in [0.15, 0.2) is 7.11 Å². The Morgan fingerprint density at radius 1 is 1.44 bits per heavy atom. The monoisotopic (exact) mass is 249 g/mol. The fourth-order valence-corrected chi connectivity index (χ4v) is 2.38. The molecule has 1 amide bonds. The first-order chi connectivity index (χ1) is 8.36. The summed E-state index contributed by atoms with van der Waals surface area (Å²) in [6, 6.07) is 5.29. The molecule has 0 aromatic heterocycles. The van der Waals surface area contributed by atoms with Gasteiger partial charge in [0.1, 0.15) is 0 Å². The number of rotatable bonds is 2. The first-order valence-electron chi connectivity index (χ1n) is 5.81. The van der Waals surface area contributed by atoms with Crippen molar-refractivity contribution in [2.45, 2.75) is 26.2 Å². The Balaban J connectivity index is 2.54. The molecule has 0 saturated carbocycles. The molecule has 0 aliphatic carbocycles. The summed E-state index contributed by atoms with van der Waals surface area (Å²) in [5.74, 6) is -0.0196. The van der Waals surface area contributed by atoms with Crippen molar-refractivity contribution in [2.75, 3.05) is 18.6 Å². The SMILES string of the molecule is CO[N+](=O)c1ccc2c(c1)N(C(C)=O)CC2(C)C. The largest absolute Gasteiger partial charge is 0.318 e. The Labute approximate surface area is 106 Å². The summed E-state index contributed by atoms with van der Waals surface area (Å²) < 4.78 is 0. The van der Waals surface area contributed by atoms with E-state index in [2.05, 4.69) is 18.7 Å². The fourth-order valence-electron chi connectivity index (χ4n) is 2.38. The molecule has 1 aliphatic rings. The maximum Gasteiger partial charge on any atom is 0.318 e. The van der Waals surface area contributed by atoms with E-state index in [1.165, 1.54) is 14.0 Å². The van der Waals surface area contributed by atoms with Gasteiger partial charge in [-0.15, -0.1) is 0 Å². The van der Waals surface area contributed by atoms with Gasteiger partial charge < -0.3 is 4.90 Å². The Hall–Kier alpha value is -1.91. The van der Waals surface area contributed by atoms with E-state index in [9.17, 15) is 9.70 Å². The van der Waals surface area contributed by atoms with Crippen LogP contribution in [-0.2, 0) is 15.0 Å². The quantitative estimate of drug-likeness (QED) is 0.756. The fraction of sp³-hybridized carbons (Fsp3) is 0.462. The van der Waals surface area contributed by atoms with Crippen LogP contribution in [0.3, 0.4) is 0 Å². The lowest BCUT2D eigenvalue weighted by molar-refractivity contribution is -0.736. The molecule has 5 heteroatoms. The molecule has 0 radical (unpaired) electrons. The van der Waals surface area contributed by atoms with Gasteiger partial charge in [0.05, 0.1) is 10.6 Å². The molecule has 0 N–H and O–H groups in total. The number of hydrogen-bond acceptors (Lipinski definition) is 3. The minimum atomic E-state index is -0.0969. The average Bonchev–Trinajstić information content (AvgIpc) is 2.60. The molecular weight excluding hydrogens is 232 g/mol. The number of hydrogen-bond donors (Lipinski definition) is 0. The number of fused-ring (bicyclic) bond motifs is 1. The number of carbonyl (C=O) groups is 1. The van der Waals surface area contributed by atoms with Crippen LogP contribution in [0.4, 0.5) is 11.4 Å². The highest BCUT2D eigenvalue weighted by Crippen LogP contribution is 2.42. The maximum atomic E-state index is 11.7. The van der Waals surface area contributed by atoms with Gasteiger partial charge in [-0.1, -0.05) is 13.8 Å². The highest BCUT2D eigenvalue weighted by molar-refractivity contribution is 5.95. The van der Waals surface area contributed by atoms with Crippen molar-refractivity contribution < 1.29 is 14.6 Å². The van der Waals surface area contributed by atoms with Gasteiger partial charge in [-0.05, 0) is 11.6 Å². The van der Waals surface area contributed by atoms with E-state index in [1.807, 2.05) is 6.07 Å². The smallest absolute Gasteiger partial charge is 0.311 e. The highest BCUT2D eigenvalue weighted by Gasteiger charge is 2.38. The number of carbonyl (C=O) groups excluding carboxylic acids is 1. The van der Waals surface area contributed by atoms with E-state index in [1.54, 1.807) is 17.0 Å². The van der Waals surface area contributed by atoms with Crippen LogP contribution in [0.5, 0.6) is 0 Å². The molecule has 18 heavy (non-hydrogen) atoms. The van der Waals surface area contributed by atoms with Crippen molar-refractivity contribution in [3.8, 4) is 0 Å². The molecule has 0 spiro atoms. The standard InChI is InChI=1S/C13H17N2O3/c1-9(16)14-8-13(2,3)11-6-5-10(7-12(11)14)15(17)18-4/h5-7H,8H2,1-4H3/q+1. The van der Waals surface area contributed by atoms with Crippen LogP contribution in [0.25, 0.3) is 0 Å². The summed E-state index contributed by atoms with van der Waals surface area (Å²) in [7, 11) is 1.31. The molecule has 0 saturated heterocycles. The van der Waals surface area contributed by atoms with E-state index in [-0.39, 0.29) is 11.3 Å². The van der Waals surface area contributed by atoms with Gasteiger partial charge in [0, 0.05) is 31.0 Å². The predicted molar refractivity (Wildman–Crippen MR) is 67.8 cm³/mol. The van der Waals surface area contributed by atoms with Gasteiger partial charge in [-0.3, -0.25) is 4.79 Å². The van der Waals surface area contributed by atoms with Crippen molar-refractivity contribution in [1.29, 1.82) is 0 Å². The molecule has 0 fully saturated rings. The molecule has 1 aliphatic heterocycles. The summed E-state index contributed by atoms with van der Waals surface area (Å²) in [6.07, 6.45) is 0. The zero-order chi connectivity index (χ0) is 13.5. The van der Waals surface area contributed by atoms with Crippen LogP contribution in [0.2, 0.25) is 0 Å². The van der Waals surface area contributed by atoms with Crippen LogP contribution in [0.15, 0.2) is 18.2 Å². The van der Waals surface area contributed by atoms with E-state index >= 15 is 0 Å². The number of nitrogens with zero attached hydrogens (tertiary/aromatic N) is 2. The molecule has 1 heterocycles. The molecule has 2 rings (SSSR count). The van der Waals surface area contributed by atoms with Crippen LogP contribution < -0.4 is 4.90 Å². The molecular formula is C13H17N2O3+. The van der Waals surface area contributed by atoms with Crippen molar-refractivity contribution in [3.63, 3.8) is 0 Å². The molecule has 0 unspecified atom stereocenters. The Morgan fingerprint density at radius 3 is 2.67 bits per heavy atom. The highest BCUT2D eigenvalue weighted by atomic mass is 16.8. The minimum absolute atomic E-state index is 0.0196. The maximum absolute atomic E-state index is 11.7. The van der Waals surface area contributed by atoms with Crippen LogP contribution >= 0.6 is 0 Å². The van der Waals surface area contributed by atoms with E-state index in [0.29, 0.717) is 17.2 Å². The molecule has 1 aromatic rings. The molecule has 5 nitrogen and oxygen atoms in total. The van der Waals surface area contributed by atoms with Gasteiger partial charge in [-0.25, -0.2) is 4.84 Å². The third kappa shape index (κ3) is 1.85. The zero-order valence-electron chi connectivity index (χ0n) is 11.1. The second-order valence-corrected chi connectivity index (χ2v) is 5.13. The van der Waals surface area contributed by atoms with Gasteiger partial charge in [0.2, 0.25) is 5.91 Å². The average molecular weight is 249 g/mol. The van der Waals surface area contributed by atoms with E-state index in [0.717, 1.165) is 11.3 Å². The number of amides is 1. The van der Waals surface area contributed by atoms with Gasteiger partial charge >= 0.3 is 5.69 Å². The van der Waals surface area contributed by atoms with Gasteiger partial charge in [0.25, 0.3) is 4.92 Å². The van der Waals surface area contributed by atoms with Crippen LogP contribution in [-0.4, -0.2) is 24.5 Å². The summed E-state index contributed by atoms with van der Waals surface area (Å²) >= 11 is 0.